The summed E-state index contributed by atoms with van der Waals surface area (Å²) in [4.78, 5) is 100. The number of hydrogen-bond donors (Lipinski definition) is 0. The molecule has 0 N–H and O–H groups in total. The molecule has 25 nitrogen and oxygen atoms in total. The Morgan fingerprint density at radius 2 is 0.967 bits per heavy atom. The maximum Gasteiger partial charge on any atom is 0.255 e. The number of imidazole rings is 3. The number of likely N-dealkylation sites (tertiary alicyclic amines) is 5. The smallest absolute Gasteiger partial charge is 0.255 e. The summed E-state index contributed by atoms with van der Waals surface area (Å²) in [7, 11) is 3.26. The van der Waals surface area contributed by atoms with E-state index in [9.17, 15) is 23.6 Å². The Bertz CT molecular complexity index is 6220. The summed E-state index contributed by atoms with van der Waals surface area (Å²) in [6, 6.07) is 47.9. The van der Waals surface area contributed by atoms with Crippen molar-refractivity contribution in [3.63, 3.8) is 0 Å². The van der Waals surface area contributed by atoms with Crippen molar-refractivity contribution in [2.45, 2.75) is 84.2 Å². The third kappa shape index (κ3) is 18.6. The first kappa shape index (κ1) is 82.5. The fourth-order valence-electron chi connectivity index (χ4n) is 15.8. The van der Waals surface area contributed by atoms with E-state index in [0.29, 0.717) is 63.0 Å². The minimum atomic E-state index is -0.738. The van der Waals surface area contributed by atoms with Crippen molar-refractivity contribution in [1.29, 1.82) is 0 Å². The molecule has 0 atom stereocenters. The first-order valence-electron chi connectivity index (χ1n) is 41.4. The van der Waals surface area contributed by atoms with Crippen molar-refractivity contribution >= 4 is 108 Å². The summed E-state index contributed by atoms with van der Waals surface area (Å²) in [5.41, 5.74) is 13.8. The molecule has 11 aromatic heterocycles. The van der Waals surface area contributed by atoms with Crippen LogP contribution in [-0.4, -0.2) is 202 Å². The number of pyridine rings is 6. The molecule has 5 saturated heterocycles. The summed E-state index contributed by atoms with van der Waals surface area (Å²) in [5, 5.41) is 3.00. The van der Waals surface area contributed by atoms with Gasteiger partial charge in [-0.05, 0) is 215 Å². The van der Waals surface area contributed by atoms with E-state index < -0.39 is 6.17 Å². The molecule has 28 heteroatoms. The first-order chi connectivity index (χ1) is 59.5. The van der Waals surface area contributed by atoms with Gasteiger partial charge in [0.05, 0.1) is 89.2 Å². The minimum absolute atomic E-state index is 0.0338. The Kier molecular flexibility index (Phi) is 25.4. The van der Waals surface area contributed by atoms with Crippen LogP contribution in [0.5, 0.6) is 11.5 Å². The number of hydrogen-bond acceptors (Lipinski definition) is 16. The molecule has 0 radical (unpaired) electrons. The van der Waals surface area contributed by atoms with Gasteiger partial charge >= 0.3 is 0 Å². The van der Waals surface area contributed by atoms with Gasteiger partial charge in [0.2, 0.25) is 0 Å². The van der Waals surface area contributed by atoms with Crippen molar-refractivity contribution in [3.05, 3.63) is 271 Å². The Morgan fingerprint density at radius 1 is 0.418 bits per heavy atom. The lowest BCUT2D eigenvalue weighted by atomic mass is 9.99. The van der Waals surface area contributed by atoms with Gasteiger partial charge in [0, 0.05) is 134 Å². The van der Waals surface area contributed by atoms with Gasteiger partial charge in [-0.2, -0.15) is 0 Å². The molecular formula is C94H94Cl2FN19O6. The molecule has 5 fully saturated rings. The second-order valence-electron chi connectivity index (χ2n) is 31.3. The van der Waals surface area contributed by atoms with Gasteiger partial charge in [-0.1, -0.05) is 61.8 Å². The number of amides is 4. The topological polar surface area (TPSA) is 244 Å². The molecule has 4 amide bonds. The zero-order chi connectivity index (χ0) is 84.3. The summed E-state index contributed by atoms with van der Waals surface area (Å²) in [5.74, 6) is 4.74. The molecule has 0 bridgehead atoms. The van der Waals surface area contributed by atoms with Crippen molar-refractivity contribution in [3.8, 4) is 40.2 Å². The Balaban J connectivity index is 0.000000113. The van der Waals surface area contributed by atoms with E-state index in [1.807, 2.05) is 211 Å². The summed E-state index contributed by atoms with van der Waals surface area (Å²) >= 11 is 12.5. The molecule has 0 unspecified atom stereocenters. The van der Waals surface area contributed by atoms with Gasteiger partial charge in [-0.15, -0.1) is 0 Å². The average Bonchev–Trinajstić information content (AvgIpc) is 1.63. The number of benzene rings is 4. The standard InChI is InChI=1S/C20H22N4O2.C19H19ClN4O.C19H20N4O2.C18H15ClFN3.C18H18N4O/c1-14-7-9-23(10-8-14)20(25)15-11-18-19(21-12-15)24(13-22-18)16-3-5-17(26-2)6-4-16;1-13-4-7-23(8-5-13)19(25)14-9-16-17(20)12-24(18(16)22-10-14)15-3-2-6-21-11-15;1-25-15-6-8-18(20-12-15)23-13-21-16-11-14(5-7-17(16)23)19(24)22-9-3-2-4-10-22;1-12(22-9-15(20)10-22)13-5-6-18-17(7-13)21-11-23(18)16-4-2-3-14(19)8-16;23-18(21-9-4-1-5-10-21)15-12-14-7-11-22(17(14)20-13-15)16-6-2-3-8-19-16/h3-6,11-14H,7-10H2,1-2H3;2-3,6,9-13H,4-5,7-8H2,1H3;5-8,11-13H,2-4,9-10H2,1H3;2-8,11,15H,1,9-10H2;2-3,6-8,11-13H,1,4-5,9-10H2. The van der Waals surface area contributed by atoms with Crippen LogP contribution in [0.1, 0.15) is 125 Å². The van der Waals surface area contributed by atoms with Gasteiger partial charge in [0.15, 0.2) is 5.65 Å². The monoisotopic (exact) mass is 1670 g/mol. The van der Waals surface area contributed by atoms with E-state index in [2.05, 4.69) is 65.3 Å². The lowest BCUT2D eigenvalue weighted by molar-refractivity contribution is 0.0689. The van der Waals surface area contributed by atoms with Crippen LogP contribution in [0.4, 0.5) is 4.39 Å². The first-order valence-corrected chi connectivity index (χ1v) is 42.1. The highest BCUT2D eigenvalue weighted by molar-refractivity contribution is 6.35. The number of carbonyl (C=O) groups excluding carboxylic acids is 4. The van der Waals surface area contributed by atoms with Crippen LogP contribution in [0.3, 0.4) is 0 Å². The SMILES string of the molecule is C=C(c1ccc2c(c1)ncn2-c1cccc(Cl)c1)N1CC(F)C1.CC1CCN(C(=O)c2cnc3c(c2)c(Cl)cn3-c2cccnc2)CC1.COc1ccc(-n2cnc3cc(C(=O)N4CCC(C)CC4)cnc32)cc1.COc1ccc(-n2cnc3cc(C(=O)N4CCCCC4)ccc32)nc1.O=C(c1cnc2c(ccn2-c2ccccn2)c1)N1CCCCC1. The third-order valence-corrected chi connectivity index (χ3v) is 23.6. The van der Waals surface area contributed by atoms with Crippen LogP contribution in [-0.2, 0) is 0 Å². The summed E-state index contributed by atoms with van der Waals surface area (Å²) in [6.07, 6.45) is 31.2. The number of ether oxygens (including phenoxy) is 2. The zero-order valence-corrected chi connectivity index (χ0v) is 70.0. The molecule has 122 heavy (non-hydrogen) atoms. The second-order valence-corrected chi connectivity index (χ2v) is 32.2. The maximum absolute atomic E-state index is 13.0. The van der Waals surface area contributed by atoms with E-state index in [0.717, 1.165) is 205 Å². The molecule has 0 aliphatic carbocycles. The van der Waals surface area contributed by atoms with E-state index in [1.165, 1.54) is 12.8 Å². The van der Waals surface area contributed by atoms with Crippen molar-refractivity contribution in [2.75, 3.05) is 79.7 Å². The van der Waals surface area contributed by atoms with E-state index in [1.54, 1.807) is 76.6 Å². The van der Waals surface area contributed by atoms with Gasteiger partial charge in [-0.3, -0.25) is 47.0 Å². The number of carbonyl (C=O) groups is 4. The molecule has 0 saturated carbocycles. The predicted molar refractivity (Wildman–Crippen MR) is 473 cm³/mol. The van der Waals surface area contributed by atoms with Gasteiger partial charge < -0.3 is 34.0 Å². The molecule has 15 aromatic rings. The lowest BCUT2D eigenvalue weighted by Crippen LogP contribution is -2.46. The third-order valence-electron chi connectivity index (χ3n) is 23.0. The number of alkyl halides is 1. The highest BCUT2D eigenvalue weighted by Crippen LogP contribution is 2.33. The fourth-order valence-corrected chi connectivity index (χ4v) is 16.2. The predicted octanol–water partition coefficient (Wildman–Crippen LogP) is 17.7. The van der Waals surface area contributed by atoms with Crippen molar-refractivity contribution in [1.82, 2.24) is 92.2 Å². The second kappa shape index (κ2) is 37.6. The lowest BCUT2D eigenvalue weighted by Gasteiger charge is -2.37. The van der Waals surface area contributed by atoms with Crippen LogP contribution in [0.2, 0.25) is 10.0 Å². The zero-order valence-electron chi connectivity index (χ0n) is 68.5. The molecular weight excluding hydrogens is 1580 g/mol. The molecule has 4 aromatic carbocycles. The van der Waals surface area contributed by atoms with Crippen LogP contribution in [0, 0.1) is 11.8 Å². The molecule has 5 aliphatic heterocycles. The number of halogens is 3. The van der Waals surface area contributed by atoms with Crippen LogP contribution < -0.4 is 9.47 Å². The van der Waals surface area contributed by atoms with Gasteiger partial charge in [0.25, 0.3) is 23.6 Å². The number of piperidine rings is 4. The number of aromatic nitrogens is 14. The molecule has 5 aliphatic rings. The Hall–Kier alpha value is -13.2. The molecule has 622 valence electrons. The highest BCUT2D eigenvalue weighted by atomic mass is 35.5. The number of nitrogens with zero attached hydrogens (tertiary/aromatic N) is 19. The minimum Gasteiger partial charge on any atom is -0.497 e. The summed E-state index contributed by atoms with van der Waals surface area (Å²) in [6.45, 7) is 16.0. The van der Waals surface area contributed by atoms with E-state index in [4.69, 9.17) is 32.7 Å². The number of methoxy groups -OCH3 is 2. The fraction of sp³-hybridized carbons (Fsp3) is 0.287. The van der Waals surface area contributed by atoms with Crippen molar-refractivity contribution < 1.29 is 33.0 Å². The van der Waals surface area contributed by atoms with E-state index in [-0.39, 0.29) is 23.6 Å². The van der Waals surface area contributed by atoms with Gasteiger partial charge in [0.1, 0.15) is 65.1 Å². The van der Waals surface area contributed by atoms with Gasteiger partial charge in [-0.25, -0.2) is 44.3 Å². The largest absolute Gasteiger partial charge is 0.497 e. The highest BCUT2D eigenvalue weighted by Gasteiger charge is 2.30. The molecule has 16 heterocycles. The molecule has 20 rings (SSSR count). The van der Waals surface area contributed by atoms with Crippen LogP contribution in [0.25, 0.3) is 89.7 Å². The number of fused-ring (bicyclic) bond motifs is 5. The van der Waals surface area contributed by atoms with Crippen LogP contribution >= 0.6 is 23.2 Å². The molecule has 0 spiro atoms. The Morgan fingerprint density at radius 3 is 1.57 bits per heavy atom. The van der Waals surface area contributed by atoms with Crippen LogP contribution in [0.15, 0.2) is 233 Å². The maximum atomic E-state index is 13.0. The number of rotatable bonds is 13. The van der Waals surface area contributed by atoms with E-state index >= 15 is 0 Å². The van der Waals surface area contributed by atoms with Crippen molar-refractivity contribution in [2.24, 2.45) is 11.8 Å². The summed E-state index contributed by atoms with van der Waals surface area (Å²) < 4.78 is 33.0. The average molecular weight is 1680 g/mol. The quantitative estimate of drug-likeness (QED) is 0.104. The Labute approximate surface area is 715 Å². The normalized spacial score (nSPS) is 15.2.